The lowest BCUT2D eigenvalue weighted by Gasteiger charge is -2.03. The molecule has 23 heavy (non-hydrogen) atoms. The minimum absolute atomic E-state index is 0.456. The first kappa shape index (κ1) is 16.6. The Morgan fingerprint density at radius 2 is 1.87 bits per heavy atom. The van der Waals surface area contributed by atoms with Crippen molar-refractivity contribution in [2.24, 2.45) is 10.2 Å². The molecule has 4 nitrogen and oxygen atoms in total. The van der Waals surface area contributed by atoms with Gasteiger partial charge in [0.2, 0.25) is 0 Å². The predicted molar refractivity (Wildman–Crippen MR) is 91.5 cm³/mol. The van der Waals surface area contributed by atoms with Crippen LogP contribution in [0.25, 0.3) is 0 Å². The Kier molecular flexibility index (Phi) is 6.24. The van der Waals surface area contributed by atoms with Crippen LogP contribution in [0.1, 0.15) is 25.3 Å². The summed E-state index contributed by atoms with van der Waals surface area (Å²) in [6.45, 7) is 5.53. The van der Waals surface area contributed by atoms with Crippen LogP contribution in [0.15, 0.2) is 71.4 Å². The van der Waals surface area contributed by atoms with Crippen LogP contribution in [-0.4, -0.2) is 5.97 Å². The van der Waals surface area contributed by atoms with Crippen molar-refractivity contribution >= 4 is 17.3 Å². The number of aryl methyl sites for hydroxylation is 1. The molecular formula is C19H20N2O2. The number of ether oxygens (including phenoxy) is 1. The van der Waals surface area contributed by atoms with Crippen LogP contribution < -0.4 is 4.74 Å². The molecule has 0 aliphatic rings. The van der Waals surface area contributed by atoms with Crippen molar-refractivity contribution in [1.82, 2.24) is 0 Å². The molecule has 0 aliphatic carbocycles. The number of azo groups is 1. The highest BCUT2D eigenvalue weighted by atomic mass is 16.5. The van der Waals surface area contributed by atoms with Gasteiger partial charge in [-0.25, -0.2) is 4.79 Å². The van der Waals surface area contributed by atoms with E-state index in [0.29, 0.717) is 11.4 Å². The standard InChI is InChI=1S/C19H20N2O2/c1-3-5-8-15-9-6-7-10-18(15)21-20-16-11-13-17(14-12-16)23-19(22)4-2/h4,6-7,9-14H,2-3,5,8H2,1H3. The van der Waals surface area contributed by atoms with E-state index in [2.05, 4.69) is 29.8 Å². The number of carbonyl (C=O) groups excluding carboxylic acids is 1. The summed E-state index contributed by atoms with van der Waals surface area (Å²) in [6.07, 6.45) is 4.41. The first-order valence-corrected chi connectivity index (χ1v) is 7.67. The summed E-state index contributed by atoms with van der Waals surface area (Å²) in [5, 5.41) is 8.59. The number of unbranched alkanes of at least 4 members (excludes halogenated alkanes) is 1. The number of hydrogen-bond donors (Lipinski definition) is 0. The Balaban J connectivity index is 2.08. The summed E-state index contributed by atoms with van der Waals surface area (Å²) in [5.74, 6) is -0.0265. The van der Waals surface area contributed by atoms with Gasteiger partial charge in [0.25, 0.3) is 0 Å². The molecule has 0 fully saturated rings. The maximum absolute atomic E-state index is 11.1. The van der Waals surface area contributed by atoms with Gasteiger partial charge in [0.15, 0.2) is 0 Å². The molecule has 2 rings (SSSR count). The molecule has 118 valence electrons. The molecule has 0 heterocycles. The molecular weight excluding hydrogens is 288 g/mol. The Morgan fingerprint density at radius 1 is 1.13 bits per heavy atom. The van der Waals surface area contributed by atoms with Crippen molar-refractivity contribution in [2.45, 2.75) is 26.2 Å². The average molecular weight is 308 g/mol. The second-order valence-electron chi connectivity index (χ2n) is 5.05. The third kappa shape index (κ3) is 5.18. The monoisotopic (exact) mass is 308 g/mol. The highest BCUT2D eigenvalue weighted by Crippen LogP contribution is 2.25. The van der Waals surface area contributed by atoms with Gasteiger partial charge in [-0.15, -0.1) is 0 Å². The predicted octanol–water partition coefficient (Wildman–Crippen LogP) is 5.54. The molecule has 0 saturated carbocycles. The van der Waals surface area contributed by atoms with Gasteiger partial charge in [0, 0.05) is 6.08 Å². The summed E-state index contributed by atoms with van der Waals surface area (Å²) in [6, 6.07) is 14.9. The van der Waals surface area contributed by atoms with Gasteiger partial charge in [-0.3, -0.25) is 0 Å². The average Bonchev–Trinajstić information content (AvgIpc) is 2.60. The zero-order chi connectivity index (χ0) is 16.5. The molecule has 0 spiro atoms. The van der Waals surface area contributed by atoms with Crippen LogP contribution in [-0.2, 0) is 11.2 Å². The van der Waals surface area contributed by atoms with Gasteiger partial charge in [0.05, 0.1) is 11.4 Å². The molecule has 4 heteroatoms. The second kappa shape index (κ2) is 8.63. The zero-order valence-corrected chi connectivity index (χ0v) is 13.2. The van der Waals surface area contributed by atoms with E-state index in [1.807, 2.05) is 18.2 Å². The summed E-state index contributed by atoms with van der Waals surface area (Å²) < 4.78 is 5.02. The van der Waals surface area contributed by atoms with Gasteiger partial charge < -0.3 is 4.74 Å². The molecule has 2 aromatic carbocycles. The number of hydrogen-bond acceptors (Lipinski definition) is 4. The van der Waals surface area contributed by atoms with Crippen LogP contribution >= 0.6 is 0 Å². The van der Waals surface area contributed by atoms with Gasteiger partial charge in [-0.1, -0.05) is 38.1 Å². The number of esters is 1. The first-order valence-electron chi connectivity index (χ1n) is 7.67. The molecule has 0 amide bonds. The molecule has 0 bridgehead atoms. The van der Waals surface area contributed by atoms with Crippen molar-refractivity contribution in [3.63, 3.8) is 0 Å². The lowest BCUT2D eigenvalue weighted by Crippen LogP contribution is -2.02. The highest BCUT2D eigenvalue weighted by molar-refractivity contribution is 5.83. The van der Waals surface area contributed by atoms with Gasteiger partial charge in [0.1, 0.15) is 5.75 Å². The van der Waals surface area contributed by atoms with Crippen LogP contribution in [0.2, 0.25) is 0 Å². The third-order valence-corrected chi connectivity index (χ3v) is 3.29. The molecule has 0 saturated heterocycles. The maximum Gasteiger partial charge on any atom is 0.335 e. The maximum atomic E-state index is 11.1. The fourth-order valence-corrected chi connectivity index (χ4v) is 2.04. The Labute approximate surface area is 136 Å². The van der Waals surface area contributed by atoms with Crippen molar-refractivity contribution in [1.29, 1.82) is 0 Å². The molecule has 0 unspecified atom stereocenters. The number of nitrogens with zero attached hydrogens (tertiary/aromatic N) is 2. The van der Waals surface area contributed by atoms with E-state index >= 15 is 0 Å². The third-order valence-electron chi connectivity index (χ3n) is 3.29. The van der Waals surface area contributed by atoms with Crippen LogP contribution in [0, 0.1) is 0 Å². The molecule has 0 N–H and O–H groups in total. The van der Waals surface area contributed by atoms with E-state index in [4.69, 9.17) is 4.74 Å². The summed E-state index contributed by atoms with van der Waals surface area (Å²) in [5.41, 5.74) is 2.80. The quantitative estimate of drug-likeness (QED) is 0.292. The van der Waals surface area contributed by atoms with Crippen molar-refractivity contribution in [2.75, 3.05) is 0 Å². The van der Waals surface area contributed by atoms with E-state index in [9.17, 15) is 4.79 Å². The zero-order valence-electron chi connectivity index (χ0n) is 13.2. The lowest BCUT2D eigenvalue weighted by molar-refractivity contribution is -0.128. The van der Waals surface area contributed by atoms with E-state index in [1.54, 1.807) is 24.3 Å². The SMILES string of the molecule is C=CC(=O)Oc1ccc(N=Nc2ccccc2CCCC)cc1. The number of rotatable bonds is 7. The minimum Gasteiger partial charge on any atom is -0.423 e. The molecule has 0 atom stereocenters. The number of carbonyl (C=O) groups is 1. The largest absolute Gasteiger partial charge is 0.423 e. The van der Waals surface area contributed by atoms with Gasteiger partial charge >= 0.3 is 5.97 Å². The van der Waals surface area contributed by atoms with Gasteiger partial charge in [-0.2, -0.15) is 10.2 Å². The molecule has 0 radical (unpaired) electrons. The fourth-order valence-electron chi connectivity index (χ4n) is 2.04. The van der Waals surface area contributed by atoms with Gasteiger partial charge in [-0.05, 0) is 48.7 Å². The van der Waals surface area contributed by atoms with Crippen molar-refractivity contribution in [3.8, 4) is 5.75 Å². The van der Waals surface area contributed by atoms with E-state index in [1.165, 1.54) is 5.56 Å². The fraction of sp³-hybridized carbons (Fsp3) is 0.211. The summed E-state index contributed by atoms with van der Waals surface area (Å²) in [4.78, 5) is 11.1. The normalized spacial score (nSPS) is 10.7. The van der Waals surface area contributed by atoms with Crippen molar-refractivity contribution < 1.29 is 9.53 Å². The van der Waals surface area contributed by atoms with E-state index < -0.39 is 5.97 Å². The summed E-state index contributed by atoms with van der Waals surface area (Å²) in [7, 11) is 0. The topological polar surface area (TPSA) is 51.0 Å². The van der Waals surface area contributed by atoms with Crippen LogP contribution in [0.5, 0.6) is 5.75 Å². The van der Waals surface area contributed by atoms with Crippen molar-refractivity contribution in [3.05, 3.63) is 66.7 Å². The Morgan fingerprint density at radius 3 is 2.57 bits per heavy atom. The Hall–Kier alpha value is -2.75. The molecule has 0 aromatic heterocycles. The second-order valence-corrected chi connectivity index (χ2v) is 5.05. The lowest BCUT2D eigenvalue weighted by atomic mass is 10.1. The molecule has 0 aliphatic heterocycles. The molecule has 2 aromatic rings. The minimum atomic E-state index is -0.482. The van der Waals surface area contributed by atoms with Crippen LogP contribution in [0.3, 0.4) is 0 Å². The smallest absolute Gasteiger partial charge is 0.335 e. The highest BCUT2D eigenvalue weighted by Gasteiger charge is 2.01. The summed E-state index contributed by atoms with van der Waals surface area (Å²) >= 11 is 0. The Bertz CT molecular complexity index is 691. The van der Waals surface area contributed by atoms with E-state index in [-0.39, 0.29) is 0 Å². The first-order chi connectivity index (χ1) is 11.2. The van der Waals surface area contributed by atoms with Crippen LogP contribution in [0.4, 0.5) is 11.4 Å². The number of benzene rings is 2. The van der Waals surface area contributed by atoms with E-state index in [0.717, 1.165) is 31.0 Å².